The van der Waals surface area contributed by atoms with E-state index in [1.165, 1.54) is 11.9 Å². The smallest absolute Gasteiger partial charge is 0.251 e. The van der Waals surface area contributed by atoms with Crippen molar-refractivity contribution in [2.45, 2.75) is 45.6 Å². The van der Waals surface area contributed by atoms with Crippen molar-refractivity contribution in [3.05, 3.63) is 17.5 Å². The fraction of sp³-hybridized carbons (Fsp3) is 0.571. The molecular formula is C14H20N4O2. The summed E-state index contributed by atoms with van der Waals surface area (Å²) in [5, 5.41) is 3.05. The zero-order chi connectivity index (χ0) is 14.9. The van der Waals surface area contributed by atoms with Crippen LogP contribution in [0, 0.1) is 6.92 Å². The predicted molar refractivity (Wildman–Crippen MR) is 75.3 cm³/mol. The van der Waals surface area contributed by atoms with Gasteiger partial charge in [-0.25, -0.2) is 9.97 Å². The average Bonchev–Trinajstić information content (AvgIpc) is 2.39. The Bertz CT molecular complexity index is 542. The summed E-state index contributed by atoms with van der Waals surface area (Å²) in [6.45, 7) is 6.02. The van der Waals surface area contributed by atoms with E-state index in [0.717, 1.165) is 11.4 Å². The molecule has 1 N–H and O–H groups in total. The molecule has 0 aromatic carbocycles. The molecule has 2 rings (SSSR count). The lowest BCUT2D eigenvalue weighted by Gasteiger charge is -2.28. The molecule has 1 atom stereocenters. The van der Waals surface area contributed by atoms with E-state index in [1.54, 1.807) is 0 Å². The predicted octanol–water partition coefficient (Wildman–Crippen LogP) is 1.47. The van der Waals surface area contributed by atoms with E-state index in [0.29, 0.717) is 24.7 Å². The minimum Gasteiger partial charge on any atom is -0.342 e. The van der Waals surface area contributed by atoms with Crippen LogP contribution in [-0.4, -0.2) is 39.8 Å². The van der Waals surface area contributed by atoms with Gasteiger partial charge in [0, 0.05) is 24.9 Å². The number of carbonyl (C=O) groups excluding carboxylic acids is 2. The van der Waals surface area contributed by atoms with Gasteiger partial charge >= 0.3 is 0 Å². The largest absolute Gasteiger partial charge is 0.342 e. The number of hydrogen-bond donors (Lipinski definition) is 1. The Morgan fingerprint density at radius 1 is 1.35 bits per heavy atom. The van der Waals surface area contributed by atoms with Crippen molar-refractivity contribution >= 4 is 17.8 Å². The first-order chi connectivity index (χ1) is 9.38. The zero-order valence-electron chi connectivity index (χ0n) is 12.3. The van der Waals surface area contributed by atoms with E-state index < -0.39 is 6.04 Å². The molecule has 1 aliphatic rings. The summed E-state index contributed by atoms with van der Waals surface area (Å²) >= 11 is 0. The minimum atomic E-state index is -0.431. The Kier molecular flexibility index (Phi) is 4.01. The highest BCUT2D eigenvalue weighted by Gasteiger charge is 2.32. The van der Waals surface area contributed by atoms with Crippen LogP contribution in [0.4, 0.5) is 5.95 Å². The molecule has 1 unspecified atom stereocenters. The third-order valence-electron chi connectivity index (χ3n) is 3.42. The van der Waals surface area contributed by atoms with Crippen molar-refractivity contribution in [3.63, 3.8) is 0 Å². The molecule has 0 saturated carbocycles. The van der Waals surface area contributed by atoms with Gasteiger partial charge < -0.3 is 5.32 Å². The molecule has 2 heterocycles. The molecule has 0 bridgehead atoms. The summed E-state index contributed by atoms with van der Waals surface area (Å²) in [6, 6.07) is 1.51. The topological polar surface area (TPSA) is 75.2 Å². The third kappa shape index (κ3) is 2.95. The fourth-order valence-corrected chi connectivity index (χ4v) is 2.16. The average molecular weight is 276 g/mol. The summed E-state index contributed by atoms with van der Waals surface area (Å²) < 4.78 is 0. The van der Waals surface area contributed by atoms with E-state index >= 15 is 0 Å². The van der Waals surface area contributed by atoms with E-state index in [4.69, 9.17) is 0 Å². The number of likely N-dealkylation sites (N-methyl/N-ethyl adjacent to an activating group) is 1. The highest BCUT2D eigenvalue weighted by Crippen LogP contribution is 2.18. The second kappa shape index (κ2) is 5.56. The number of aryl methyl sites for hydroxylation is 1. The number of piperidine rings is 1. The number of likely N-dealkylation sites (tertiary alicyclic amines) is 1. The number of hydrogen-bond acceptors (Lipinski definition) is 5. The summed E-state index contributed by atoms with van der Waals surface area (Å²) in [4.78, 5) is 33.4. The maximum Gasteiger partial charge on any atom is 0.251 e. The van der Waals surface area contributed by atoms with Crippen molar-refractivity contribution in [3.8, 4) is 0 Å². The van der Waals surface area contributed by atoms with Crippen LogP contribution in [0.3, 0.4) is 0 Å². The van der Waals surface area contributed by atoms with Gasteiger partial charge in [0.2, 0.25) is 11.9 Å². The molecule has 6 heteroatoms. The molecule has 1 saturated heterocycles. The number of carbonyl (C=O) groups is 2. The normalized spacial score (nSPS) is 19.6. The van der Waals surface area contributed by atoms with Crippen LogP contribution in [0.5, 0.6) is 0 Å². The van der Waals surface area contributed by atoms with Crippen LogP contribution < -0.4 is 5.32 Å². The van der Waals surface area contributed by atoms with E-state index in [9.17, 15) is 9.59 Å². The van der Waals surface area contributed by atoms with Gasteiger partial charge in [0.05, 0.1) is 0 Å². The van der Waals surface area contributed by atoms with Crippen molar-refractivity contribution in [1.29, 1.82) is 0 Å². The molecule has 6 nitrogen and oxygen atoms in total. The fourth-order valence-electron chi connectivity index (χ4n) is 2.16. The number of rotatable bonds is 3. The van der Waals surface area contributed by atoms with Crippen LogP contribution in [0.15, 0.2) is 6.07 Å². The molecule has 1 aromatic heterocycles. The number of imide groups is 1. The number of aromatic nitrogens is 2. The number of nitrogens with one attached hydrogen (secondary N) is 1. The molecular weight excluding hydrogens is 256 g/mol. The van der Waals surface area contributed by atoms with Crippen LogP contribution in [-0.2, 0) is 9.59 Å². The number of amides is 2. The highest BCUT2D eigenvalue weighted by atomic mass is 16.2. The summed E-state index contributed by atoms with van der Waals surface area (Å²) in [5.41, 5.74) is 1.80. The lowest BCUT2D eigenvalue weighted by molar-refractivity contribution is -0.146. The first kappa shape index (κ1) is 14.4. The second-order valence-corrected chi connectivity index (χ2v) is 5.44. The quantitative estimate of drug-likeness (QED) is 0.846. The maximum atomic E-state index is 12.0. The van der Waals surface area contributed by atoms with Gasteiger partial charge in [0.1, 0.15) is 6.04 Å². The standard InChI is InChI=1S/C14H20N4O2/c1-8(2)11-7-9(3)15-14(17-11)16-10-5-6-12(19)18(4)13(10)20/h7-8,10H,5-6H2,1-4H3,(H,15,16,17). The Labute approximate surface area is 118 Å². The minimum absolute atomic E-state index is 0.138. The molecule has 0 spiro atoms. The van der Waals surface area contributed by atoms with Crippen molar-refractivity contribution < 1.29 is 9.59 Å². The van der Waals surface area contributed by atoms with Gasteiger partial charge in [-0.15, -0.1) is 0 Å². The Hall–Kier alpha value is -1.98. The Balaban J connectivity index is 2.18. The van der Waals surface area contributed by atoms with Crippen molar-refractivity contribution in [1.82, 2.24) is 14.9 Å². The van der Waals surface area contributed by atoms with Crippen molar-refractivity contribution in [2.24, 2.45) is 0 Å². The van der Waals surface area contributed by atoms with E-state index in [2.05, 4.69) is 29.1 Å². The zero-order valence-corrected chi connectivity index (χ0v) is 12.3. The molecule has 0 radical (unpaired) electrons. The Morgan fingerprint density at radius 2 is 2.05 bits per heavy atom. The molecule has 2 amide bonds. The molecule has 1 aliphatic heterocycles. The lowest BCUT2D eigenvalue weighted by Crippen LogP contribution is -2.48. The van der Waals surface area contributed by atoms with Gasteiger partial charge in [0.15, 0.2) is 0 Å². The summed E-state index contributed by atoms with van der Waals surface area (Å²) in [5.74, 6) is 0.386. The molecule has 20 heavy (non-hydrogen) atoms. The lowest BCUT2D eigenvalue weighted by atomic mass is 10.0. The van der Waals surface area contributed by atoms with Crippen LogP contribution in [0.25, 0.3) is 0 Å². The van der Waals surface area contributed by atoms with Gasteiger partial charge in [-0.3, -0.25) is 14.5 Å². The van der Waals surface area contributed by atoms with Gasteiger partial charge in [-0.05, 0) is 25.3 Å². The van der Waals surface area contributed by atoms with Crippen LogP contribution in [0.2, 0.25) is 0 Å². The van der Waals surface area contributed by atoms with Crippen LogP contribution in [0.1, 0.15) is 44.0 Å². The van der Waals surface area contributed by atoms with E-state index in [1.807, 2.05) is 13.0 Å². The summed E-state index contributed by atoms with van der Waals surface area (Å²) in [6.07, 6.45) is 0.846. The van der Waals surface area contributed by atoms with Crippen LogP contribution >= 0.6 is 0 Å². The Morgan fingerprint density at radius 3 is 2.70 bits per heavy atom. The number of anilines is 1. The maximum absolute atomic E-state index is 12.0. The summed E-state index contributed by atoms with van der Waals surface area (Å²) in [7, 11) is 1.51. The molecule has 0 aliphatic carbocycles. The van der Waals surface area contributed by atoms with Gasteiger partial charge in [-0.2, -0.15) is 0 Å². The third-order valence-corrected chi connectivity index (χ3v) is 3.42. The highest BCUT2D eigenvalue weighted by molar-refractivity contribution is 6.01. The number of nitrogens with zero attached hydrogens (tertiary/aromatic N) is 3. The van der Waals surface area contributed by atoms with Crippen molar-refractivity contribution in [2.75, 3.05) is 12.4 Å². The van der Waals surface area contributed by atoms with E-state index in [-0.39, 0.29) is 11.8 Å². The SMILES string of the molecule is Cc1cc(C(C)C)nc(NC2CCC(=O)N(C)C2=O)n1. The monoisotopic (exact) mass is 276 g/mol. The first-order valence-electron chi connectivity index (χ1n) is 6.81. The molecule has 108 valence electrons. The second-order valence-electron chi connectivity index (χ2n) is 5.44. The first-order valence-corrected chi connectivity index (χ1v) is 6.81. The molecule has 1 fully saturated rings. The van der Waals surface area contributed by atoms with Gasteiger partial charge in [-0.1, -0.05) is 13.8 Å². The van der Waals surface area contributed by atoms with Gasteiger partial charge in [0.25, 0.3) is 5.91 Å². The molecule has 1 aromatic rings.